The number of nitrogens with zero attached hydrogens (tertiary/aromatic N) is 4. The van der Waals surface area contributed by atoms with Gasteiger partial charge in [-0.1, -0.05) is 12.1 Å². The number of nitrogens with one attached hydrogen (secondary N) is 1. The Kier molecular flexibility index (Phi) is 6.09. The molecule has 132 valence electrons. The summed E-state index contributed by atoms with van der Waals surface area (Å²) in [4.78, 5) is 25.2. The van der Waals surface area contributed by atoms with Gasteiger partial charge in [0, 0.05) is 50.8 Å². The molecule has 2 aromatic heterocycles. The number of hydrogen-bond acceptors (Lipinski definition) is 5. The molecule has 6 heteroatoms. The Hall–Kier alpha value is -2.31. The number of amides is 1. The molecule has 2 aromatic rings. The minimum absolute atomic E-state index is 0.0550. The molecule has 1 atom stereocenters. The lowest BCUT2D eigenvalue weighted by molar-refractivity contribution is -0.122. The van der Waals surface area contributed by atoms with Crippen LogP contribution >= 0.6 is 0 Å². The van der Waals surface area contributed by atoms with E-state index in [4.69, 9.17) is 0 Å². The quantitative estimate of drug-likeness (QED) is 0.864. The molecule has 0 spiro atoms. The number of carbonyl (C=O) groups is 1. The molecule has 1 saturated heterocycles. The Labute approximate surface area is 148 Å². The van der Waals surface area contributed by atoms with Crippen molar-refractivity contribution < 1.29 is 4.79 Å². The first-order valence-electron chi connectivity index (χ1n) is 8.75. The molecule has 3 heterocycles. The molecule has 0 radical (unpaired) electrons. The van der Waals surface area contributed by atoms with Crippen LogP contribution in [0.2, 0.25) is 0 Å². The Morgan fingerprint density at radius 3 is 2.68 bits per heavy atom. The molecular formula is C19H25N5O. The smallest absolute Gasteiger partial charge is 0.234 e. The molecule has 25 heavy (non-hydrogen) atoms. The standard InChI is InChI=1S/C19H25N5O/c1-16(17-5-4-7-20-13-17)24-11-9-23(10-12-24)15-19(25)22-14-18-6-2-3-8-21-18/h2-8,13,16H,9-12,14-15H2,1H3,(H,22,25)/t16-/m1/s1. The van der Waals surface area contributed by atoms with Gasteiger partial charge in [-0.2, -0.15) is 0 Å². The van der Waals surface area contributed by atoms with Crippen molar-refractivity contribution in [2.75, 3.05) is 32.7 Å². The summed E-state index contributed by atoms with van der Waals surface area (Å²) in [5.41, 5.74) is 2.12. The van der Waals surface area contributed by atoms with Crippen LogP contribution in [0.15, 0.2) is 48.9 Å². The van der Waals surface area contributed by atoms with E-state index in [-0.39, 0.29) is 5.91 Å². The predicted molar refractivity (Wildman–Crippen MR) is 96.7 cm³/mol. The van der Waals surface area contributed by atoms with Crippen LogP contribution in [0.4, 0.5) is 0 Å². The highest BCUT2D eigenvalue weighted by molar-refractivity contribution is 5.77. The second-order valence-electron chi connectivity index (χ2n) is 6.37. The van der Waals surface area contributed by atoms with Crippen molar-refractivity contribution in [1.29, 1.82) is 0 Å². The maximum atomic E-state index is 12.1. The summed E-state index contributed by atoms with van der Waals surface area (Å²) in [5, 5.41) is 2.94. The zero-order valence-corrected chi connectivity index (χ0v) is 14.6. The van der Waals surface area contributed by atoms with Crippen LogP contribution in [0.25, 0.3) is 0 Å². The fourth-order valence-corrected chi connectivity index (χ4v) is 3.09. The average molecular weight is 339 g/mol. The maximum absolute atomic E-state index is 12.1. The molecule has 0 bridgehead atoms. The number of aromatic nitrogens is 2. The van der Waals surface area contributed by atoms with Gasteiger partial charge >= 0.3 is 0 Å². The topological polar surface area (TPSA) is 61.4 Å². The second-order valence-corrected chi connectivity index (χ2v) is 6.37. The summed E-state index contributed by atoms with van der Waals surface area (Å²) in [6, 6.07) is 10.2. The van der Waals surface area contributed by atoms with E-state index in [0.717, 1.165) is 31.9 Å². The van der Waals surface area contributed by atoms with Crippen molar-refractivity contribution in [2.45, 2.75) is 19.5 Å². The van der Waals surface area contributed by atoms with E-state index in [1.807, 2.05) is 30.5 Å². The predicted octanol–water partition coefficient (Wildman–Crippen LogP) is 1.47. The lowest BCUT2D eigenvalue weighted by atomic mass is 10.1. The number of carbonyl (C=O) groups excluding carboxylic acids is 1. The molecular weight excluding hydrogens is 314 g/mol. The number of hydrogen-bond donors (Lipinski definition) is 1. The molecule has 1 N–H and O–H groups in total. The summed E-state index contributed by atoms with van der Waals surface area (Å²) in [5.74, 6) is 0.0550. The van der Waals surface area contributed by atoms with Crippen LogP contribution < -0.4 is 5.32 Å². The van der Waals surface area contributed by atoms with Crippen LogP contribution in [0.5, 0.6) is 0 Å². The number of rotatable bonds is 6. The summed E-state index contributed by atoms with van der Waals surface area (Å²) < 4.78 is 0. The highest BCUT2D eigenvalue weighted by Crippen LogP contribution is 2.20. The monoisotopic (exact) mass is 339 g/mol. The Balaban J connectivity index is 1.41. The fourth-order valence-electron chi connectivity index (χ4n) is 3.09. The molecule has 1 aliphatic heterocycles. The van der Waals surface area contributed by atoms with Gasteiger partial charge in [0.1, 0.15) is 0 Å². The summed E-state index contributed by atoms with van der Waals surface area (Å²) in [6.07, 6.45) is 5.48. The molecule has 0 aromatic carbocycles. The second kappa shape index (κ2) is 8.69. The van der Waals surface area contributed by atoms with Gasteiger partial charge in [-0.25, -0.2) is 0 Å². The van der Waals surface area contributed by atoms with Crippen molar-refractivity contribution in [2.24, 2.45) is 0 Å². The summed E-state index contributed by atoms with van der Waals surface area (Å²) in [7, 11) is 0. The van der Waals surface area contributed by atoms with E-state index in [1.54, 1.807) is 12.4 Å². The van der Waals surface area contributed by atoms with Gasteiger partial charge in [-0.05, 0) is 30.7 Å². The van der Waals surface area contributed by atoms with Crippen molar-refractivity contribution in [3.8, 4) is 0 Å². The van der Waals surface area contributed by atoms with E-state index in [9.17, 15) is 4.79 Å². The average Bonchev–Trinajstić information content (AvgIpc) is 2.68. The molecule has 0 unspecified atom stereocenters. The van der Waals surface area contributed by atoms with Crippen LogP contribution in [-0.4, -0.2) is 58.4 Å². The molecule has 0 aliphatic carbocycles. The lowest BCUT2D eigenvalue weighted by Crippen LogP contribution is -2.49. The first-order chi connectivity index (χ1) is 12.2. The Bertz CT molecular complexity index is 656. The highest BCUT2D eigenvalue weighted by Gasteiger charge is 2.23. The third-order valence-corrected chi connectivity index (χ3v) is 4.68. The van der Waals surface area contributed by atoms with Gasteiger partial charge < -0.3 is 5.32 Å². The normalized spacial score (nSPS) is 17.2. The largest absolute Gasteiger partial charge is 0.349 e. The van der Waals surface area contributed by atoms with Gasteiger partial charge in [0.05, 0.1) is 18.8 Å². The molecule has 6 nitrogen and oxygen atoms in total. The number of pyridine rings is 2. The van der Waals surface area contributed by atoms with Gasteiger partial charge in [0.2, 0.25) is 5.91 Å². The zero-order chi connectivity index (χ0) is 17.5. The van der Waals surface area contributed by atoms with Gasteiger partial charge in [-0.15, -0.1) is 0 Å². The van der Waals surface area contributed by atoms with Crippen LogP contribution in [0.3, 0.4) is 0 Å². The molecule has 1 amide bonds. The summed E-state index contributed by atoms with van der Waals surface area (Å²) >= 11 is 0. The molecule has 1 aliphatic rings. The lowest BCUT2D eigenvalue weighted by Gasteiger charge is -2.37. The molecule has 1 fully saturated rings. The van der Waals surface area contributed by atoms with E-state index in [1.165, 1.54) is 5.56 Å². The third kappa shape index (κ3) is 5.08. The van der Waals surface area contributed by atoms with E-state index in [0.29, 0.717) is 19.1 Å². The van der Waals surface area contributed by atoms with Crippen LogP contribution in [0, 0.1) is 0 Å². The van der Waals surface area contributed by atoms with E-state index in [2.05, 4.69) is 38.1 Å². The maximum Gasteiger partial charge on any atom is 0.234 e. The van der Waals surface area contributed by atoms with Crippen LogP contribution in [0.1, 0.15) is 24.2 Å². The highest BCUT2D eigenvalue weighted by atomic mass is 16.2. The minimum atomic E-state index is 0.0550. The molecule has 3 rings (SSSR count). The SMILES string of the molecule is C[C@H](c1cccnc1)N1CCN(CC(=O)NCc2ccccn2)CC1. The van der Waals surface area contributed by atoms with Crippen LogP contribution in [-0.2, 0) is 11.3 Å². The van der Waals surface area contributed by atoms with Crippen molar-refractivity contribution in [3.05, 3.63) is 60.2 Å². The van der Waals surface area contributed by atoms with Crippen molar-refractivity contribution in [1.82, 2.24) is 25.1 Å². The Morgan fingerprint density at radius 1 is 1.16 bits per heavy atom. The van der Waals surface area contributed by atoms with Crippen molar-refractivity contribution >= 4 is 5.91 Å². The fraction of sp³-hybridized carbons (Fsp3) is 0.421. The van der Waals surface area contributed by atoms with E-state index < -0.39 is 0 Å². The van der Waals surface area contributed by atoms with E-state index >= 15 is 0 Å². The minimum Gasteiger partial charge on any atom is -0.349 e. The van der Waals surface area contributed by atoms with Crippen molar-refractivity contribution in [3.63, 3.8) is 0 Å². The van der Waals surface area contributed by atoms with Gasteiger partial charge in [-0.3, -0.25) is 24.6 Å². The summed E-state index contributed by atoms with van der Waals surface area (Å²) in [6.45, 7) is 6.88. The zero-order valence-electron chi connectivity index (χ0n) is 14.6. The first kappa shape index (κ1) is 17.5. The van der Waals surface area contributed by atoms with Gasteiger partial charge in [0.15, 0.2) is 0 Å². The first-order valence-corrected chi connectivity index (χ1v) is 8.75. The van der Waals surface area contributed by atoms with Gasteiger partial charge in [0.25, 0.3) is 0 Å². The number of piperazine rings is 1. The Morgan fingerprint density at radius 2 is 2.00 bits per heavy atom. The molecule has 0 saturated carbocycles. The third-order valence-electron chi connectivity index (χ3n) is 4.68.